The number of esters is 3. The summed E-state index contributed by atoms with van der Waals surface area (Å²) >= 11 is 0. The Morgan fingerprint density at radius 3 is 0.792 bits per heavy atom. The molecule has 0 fully saturated rings. The summed E-state index contributed by atoms with van der Waals surface area (Å²) in [6.07, 6.45) is 65.3. The van der Waals surface area contributed by atoms with Crippen molar-refractivity contribution in [3.63, 3.8) is 0 Å². The Hall–Kier alpha value is -1.59. The first kappa shape index (κ1) is 70.4. The monoisotopic (exact) mass is 1020 g/mol. The molecule has 0 amide bonds. The lowest BCUT2D eigenvalue weighted by Gasteiger charge is -2.18. The third-order valence-corrected chi connectivity index (χ3v) is 15.6. The summed E-state index contributed by atoms with van der Waals surface area (Å²) < 4.78 is 17.0. The highest BCUT2D eigenvalue weighted by molar-refractivity contribution is 5.71. The quantitative estimate of drug-likeness (QED) is 0.0343. The molecule has 0 aromatic rings. The van der Waals surface area contributed by atoms with Crippen molar-refractivity contribution in [2.75, 3.05) is 13.2 Å². The Labute approximate surface area is 450 Å². The molecule has 6 nitrogen and oxygen atoms in total. The van der Waals surface area contributed by atoms with Crippen LogP contribution in [-0.4, -0.2) is 37.2 Å². The first-order chi connectivity index (χ1) is 35.3. The largest absolute Gasteiger partial charge is 0.462 e. The van der Waals surface area contributed by atoms with Crippen LogP contribution in [-0.2, 0) is 28.6 Å². The topological polar surface area (TPSA) is 78.9 Å². The maximum absolute atomic E-state index is 12.9. The van der Waals surface area contributed by atoms with Crippen LogP contribution in [0, 0.1) is 11.8 Å². The van der Waals surface area contributed by atoms with Crippen molar-refractivity contribution in [2.45, 2.75) is 381 Å². The van der Waals surface area contributed by atoms with Gasteiger partial charge in [0.05, 0.1) is 0 Å². The lowest BCUT2D eigenvalue weighted by molar-refractivity contribution is -0.167. The second-order valence-corrected chi connectivity index (χ2v) is 23.5. The van der Waals surface area contributed by atoms with Gasteiger partial charge in [-0.2, -0.15) is 0 Å². The van der Waals surface area contributed by atoms with Crippen LogP contribution in [0.1, 0.15) is 375 Å². The summed E-state index contributed by atoms with van der Waals surface area (Å²) in [5.74, 6) is 0.930. The van der Waals surface area contributed by atoms with Crippen molar-refractivity contribution in [1.82, 2.24) is 0 Å². The van der Waals surface area contributed by atoms with Crippen molar-refractivity contribution < 1.29 is 28.6 Å². The lowest BCUT2D eigenvalue weighted by atomic mass is 9.99. The predicted octanol–water partition coefficient (Wildman–Crippen LogP) is 22.0. The summed E-state index contributed by atoms with van der Waals surface area (Å²) in [6, 6.07) is 0. The standard InChI is InChI=1S/C66H128O6/c1-6-8-9-10-11-12-13-14-26-33-38-43-48-53-58-66(69)72-63(60-71-65(68)57-52-47-42-37-32-28-23-19-20-24-29-34-39-44-49-54-61(3)4)59-70-64(67)56-51-46-41-36-31-27-22-18-16-15-17-21-25-30-35-40-45-50-55-62(5)7-2/h61-63H,6-60H2,1-5H3/t62?,63-/m1/s1. The van der Waals surface area contributed by atoms with Crippen LogP contribution in [0.2, 0.25) is 0 Å². The van der Waals surface area contributed by atoms with Gasteiger partial charge in [-0.1, -0.05) is 336 Å². The van der Waals surface area contributed by atoms with E-state index in [9.17, 15) is 14.4 Å². The Morgan fingerprint density at radius 1 is 0.292 bits per heavy atom. The van der Waals surface area contributed by atoms with Crippen molar-refractivity contribution >= 4 is 17.9 Å². The van der Waals surface area contributed by atoms with Gasteiger partial charge < -0.3 is 14.2 Å². The van der Waals surface area contributed by atoms with Crippen LogP contribution < -0.4 is 0 Å². The number of carbonyl (C=O) groups excluding carboxylic acids is 3. The summed E-state index contributed by atoms with van der Waals surface area (Å²) in [5.41, 5.74) is 0. The minimum Gasteiger partial charge on any atom is -0.462 e. The molecule has 72 heavy (non-hydrogen) atoms. The van der Waals surface area contributed by atoms with E-state index in [-0.39, 0.29) is 31.1 Å². The number of rotatable bonds is 60. The SMILES string of the molecule is CCCCCCCCCCCCCCCCC(=O)O[C@H](COC(=O)CCCCCCCCCCCCCCCCCCCCC(C)CC)COC(=O)CCCCCCCCCCCCCCCCCC(C)C. The van der Waals surface area contributed by atoms with Crippen molar-refractivity contribution in [1.29, 1.82) is 0 Å². The van der Waals surface area contributed by atoms with Crippen LogP contribution in [0.3, 0.4) is 0 Å². The van der Waals surface area contributed by atoms with Crippen molar-refractivity contribution in [3.05, 3.63) is 0 Å². The predicted molar refractivity (Wildman–Crippen MR) is 312 cm³/mol. The van der Waals surface area contributed by atoms with E-state index in [4.69, 9.17) is 14.2 Å². The van der Waals surface area contributed by atoms with E-state index >= 15 is 0 Å². The van der Waals surface area contributed by atoms with Gasteiger partial charge in [-0.25, -0.2) is 0 Å². The summed E-state index contributed by atoms with van der Waals surface area (Å²) in [6.45, 7) is 11.5. The molecule has 2 atom stereocenters. The fourth-order valence-corrected chi connectivity index (χ4v) is 10.3. The van der Waals surface area contributed by atoms with Gasteiger partial charge in [-0.3, -0.25) is 14.4 Å². The Bertz CT molecular complexity index is 1110. The molecule has 0 radical (unpaired) electrons. The molecule has 0 spiro atoms. The molecule has 0 saturated carbocycles. The number of carbonyl (C=O) groups is 3. The lowest BCUT2D eigenvalue weighted by Crippen LogP contribution is -2.30. The maximum Gasteiger partial charge on any atom is 0.306 e. The molecule has 0 N–H and O–H groups in total. The zero-order valence-electron chi connectivity index (χ0n) is 49.6. The average Bonchev–Trinajstić information content (AvgIpc) is 3.37. The first-order valence-corrected chi connectivity index (χ1v) is 32.8. The molecular formula is C66H128O6. The van der Waals surface area contributed by atoms with Crippen molar-refractivity contribution in [3.8, 4) is 0 Å². The van der Waals surface area contributed by atoms with Gasteiger partial charge in [-0.15, -0.1) is 0 Å². The zero-order valence-corrected chi connectivity index (χ0v) is 49.6. The molecule has 0 rings (SSSR count). The summed E-state index contributed by atoms with van der Waals surface area (Å²) in [7, 11) is 0. The van der Waals surface area contributed by atoms with E-state index in [0.29, 0.717) is 19.3 Å². The molecule has 0 heterocycles. The third-order valence-electron chi connectivity index (χ3n) is 15.6. The second kappa shape index (κ2) is 58.7. The van der Waals surface area contributed by atoms with Gasteiger partial charge in [0.25, 0.3) is 0 Å². The normalized spacial score (nSPS) is 12.4. The van der Waals surface area contributed by atoms with E-state index in [2.05, 4.69) is 34.6 Å². The zero-order chi connectivity index (χ0) is 52.5. The molecule has 0 saturated heterocycles. The third kappa shape index (κ3) is 57.7. The van der Waals surface area contributed by atoms with E-state index in [1.807, 2.05) is 0 Å². The van der Waals surface area contributed by atoms with E-state index in [1.165, 1.54) is 263 Å². The Kier molecular flexibility index (Phi) is 57.4. The van der Waals surface area contributed by atoms with E-state index < -0.39 is 6.10 Å². The van der Waals surface area contributed by atoms with Crippen LogP contribution in [0.5, 0.6) is 0 Å². The fraction of sp³-hybridized carbons (Fsp3) is 0.955. The molecule has 0 bridgehead atoms. The molecular weight excluding hydrogens is 889 g/mol. The molecule has 6 heteroatoms. The first-order valence-electron chi connectivity index (χ1n) is 32.8. The Balaban J connectivity index is 4.24. The van der Waals surface area contributed by atoms with Crippen LogP contribution in [0.15, 0.2) is 0 Å². The number of hydrogen-bond donors (Lipinski definition) is 0. The summed E-state index contributed by atoms with van der Waals surface area (Å²) in [5, 5.41) is 0. The highest BCUT2D eigenvalue weighted by Gasteiger charge is 2.19. The minimum atomic E-state index is -0.763. The number of hydrogen-bond acceptors (Lipinski definition) is 6. The molecule has 0 aliphatic rings. The van der Waals surface area contributed by atoms with Gasteiger partial charge in [0, 0.05) is 19.3 Å². The number of ether oxygens (including phenoxy) is 3. The highest BCUT2D eigenvalue weighted by Crippen LogP contribution is 2.19. The van der Waals surface area contributed by atoms with Gasteiger partial charge in [0.1, 0.15) is 13.2 Å². The molecule has 0 aliphatic carbocycles. The fourth-order valence-electron chi connectivity index (χ4n) is 10.3. The van der Waals surface area contributed by atoms with E-state index in [1.54, 1.807) is 0 Å². The van der Waals surface area contributed by atoms with Crippen LogP contribution >= 0.6 is 0 Å². The van der Waals surface area contributed by atoms with Gasteiger partial charge in [0.15, 0.2) is 6.10 Å². The smallest absolute Gasteiger partial charge is 0.306 e. The maximum atomic E-state index is 12.9. The highest BCUT2D eigenvalue weighted by atomic mass is 16.6. The van der Waals surface area contributed by atoms with Crippen LogP contribution in [0.25, 0.3) is 0 Å². The minimum absolute atomic E-state index is 0.0616. The van der Waals surface area contributed by atoms with E-state index in [0.717, 1.165) is 69.6 Å². The van der Waals surface area contributed by atoms with Gasteiger partial charge in [-0.05, 0) is 31.1 Å². The van der Waals surface area contributed by atoms with Gasteiger partial charge >= 0.3 is 17.9 Å². The molecule has 0 aliphatic heterocycles. The molecule has 0 aromatic heterocycles. The van der Waals surface area contributed by atoms with Crippen molar-refractivity contribution in [2.24, 2.45) is 11.8 Å². The number of unbranched alkanes of at least 4 members (excludes halogenated alkanes) is 44. The van der Waals surface area contributed by atoms with Crippen LogP contribution in [0.4, 0.5) is 0 Å². The average molecular weight is 1020 g/mol. The summed E-state index contributed by atoms with van der Waals surface area (Å²) in [4.78, 5) is 38.3. The molecule has 1 unspecified atom stereocenters. The molecule has 428 valence electrons. The Morgan fingerprint density at radius 2 is 0.528 bits per heavy atom. The van der Waals surface area contributed by atoms with Gasteiger partial charge in [0.2, 0.25) is 0 Å². The second-order valence-electron chi connectivity index (χ2n) is 23.5. The molecule has 0 aromatic carbocycles.